The number of hydrogen-bond acceptors (Lipinski definition) is 5. The second-order valence-electron chi connectivity index (χ2n) is 10.1. The topological polar surface area (TPSA) is 68.2 Å². The molecule has 1 unspecified atom stereocenters. The van der Waals surface area contributed by atoms with Crippen LogP contribution in [0.25, 0.3) is 0 Å². The normalized spacial score (nSPS) is 24.8. The molecular formula is C26H33BrN2O4. The molecule has 0 N–H and O–H groups in total. The van der Waals surface area contributed by atoms with E-state index in [0.29, 0.717) is 23.5 Å². The van der Waals surface area contributed by atoms with Gasteiger partial charge in [0.25, 0.3) is 0 Å². The number of halogens is 1. The lowest BCUT2D eigenvalue weighted by Crippen LogP contribution is -2.46. The Morgan fingerprint density at radius 2 is 1.82 bits per heavy atom. The smallest absolute Gasteiger partial charge is 0.232 e. The molecule has 1 saturated heterocycles. The Morgan fingerprint density at radius 1 is 1.12 bits per heavy atom. The first-order chi connectivity index (χ1) is 15.7. The van der Waals surface area contributed by atoms with Gasteiger partial charge in [0.05, 0.1) is 24.6 Å². The third kappa shape index (κ3) is 4.48. The molecule has 0 aromatic heterocycles. The monoisotopic (exact) mass is 516 g/mol. The van der Waals surface area contributed by atoms with Crippen LogP contribution in [0.5, 0.6) is 11.5 Å². The van der Waals surface area contributed by atoms with Gasteiger partial charge in [-0.3, -0.25) is 14.6 Å². The van der Waals surface area contributed by atoms with Gasteiger partial charge in [0.15, 0.2) is 17.3 Å². The zero-order valence-corrected chi connectivity index (χ0v) is 21.8. The summed E-state index contributed by atoms with van der Waals surface area (Å²) in [6.45, 7) is 7.67. The molecule has 3 aliphatic rings. The van der Waals surface area contributed by atoms with Gasteiger partial charge in [-0.25, -0.2) is 0 Å². The van der Waals surface area contributed by atoms with Crippen LogP contribution in [-0.4, -0.2) is 49.6 Å². The lowest BCUT2D eigenvalue weighted by molar-refractivity contribution is -0.134. The summed E-state index contributed by atoms with van der Waals surface area (Å²) in [6, 6.07) is 3.86. The summed E-state index contributed by atoms with van der Waals surface area (Å²) in [5.41, 5.74) is 3.02. The fourth-order valence-corrected chi connectivity index (χ4v) is 6.18. The summed E-state index contributed by atoms with van der Waals surface area (Å²) in [6.07, 6.45) is 4.36. The average Bonchev–Trinajstić information content (AvgIpc) is 2.76. The van der Waals surface area contributed by atoms with Crippen molar-refractivity contribution >= 4 is 33.3 Å². The Kier molecular flexibility index (Phi) is 6.72. The number of piperidine rings is 1. The van der Waals surface area contributed by atoms with E-state index in [1.165, 1.54) is 0 Å². The van der Waals surface area contributed by atoms with Gasteiger partial charge in [-0.2, -0.15) is 0 Å². The number of carbonyl (C=O) groups is 2. The summed E-state index contributed by atoms with van der Waals surface area (Å²) >= 11 is 3.60. The molecule has 2 aliphatic heterocycles. The highest BCUT2D eigenvalue weighted by Crippen LogP contribution is 2.50. The Hall–Kier alpha value is -2.15. The van der Waals surface area contributed by atoms with Crippen LogP contribution in [0.2, 0.25) is 0 Å². The number of nitrogens with zero attached hydrogens (tertiary/aromatic N) is 2. The summed E-state index contributed by atoms with van der Waals surface area (Å²) in [5.74, 6) is 0.410. The zero-order chi connectivity index (χ0) is 23.9. The Labute approximate surface area is 204 Å². The van der Waals surface area contributed by atoms with E-state index < -0.39 is 11.8 Å². The van der Waals surface area contributed by atoms with Crippen LogP contribution >= 0.6 is 15.9 Å². The number of allylic oxidation sites excluding steroid dienone is 2. The molecule has 6 nitrogen and oxygen atoms in total. The third-order valence-electron chi connectivity index (χ3n) is 7.05. The van der Waals surface area contributed by atoms with E-state index in [1.807, 2.05) is 24.0 Å². The van der Waals surface area contributed by atoms with E-state index in [2.05, 4.69) is 29.8 Å². The lowest BCUT2D eigenvalue weighted by atomic mass is 9.66. The van der Waals surface area contributed by atoms with Crippen molar-refractivity contribution in [3.05, 3.63) is 33.4 Å². The number of benzene rings is 1. The molecule has 1 aromatic carbocycles. The number of ketones is 1. The van der Waals surface area contributed by atoms with Crippen molar-refractivity contribution in [3.63, 3.8) is 0 Å². The van der Waals surface area contributed by atoms with Crippen molar-refractivity contribution in [2.45, 2.75) is 58.8 Å². The minimum absolute atomic E-state index is 0.0658. The fraction of sp³-hybridized carbons (Fsp3) is 0.577. The Morgan fingerprint density at radius 3 is 2.45 bits per heavy atom. The lowest BCUT2D eigenvalue weighted by Gasteiger charge is -2.41. The molecule has 0 radical (unpaired) electrons. The highest BCUT2D eigenvalue weighted by molar-refractivity contribution is 9.10. The minimum Gasteiger partial charge on any atom is -0.493 e. The maximum Gasteiger partial charge on any atom is 0.232 e. The van der Waals surface area contributed by atoms with E-state index in [4.69, 9.17) is 14.5 Å². The molecule has 1 aliphatic carbocycles. The maximum atomic E-state index is 13.9. The predicted molar refractivity (Wildman–Crippen MR) is 132 cm³/mol. The summed E-state index contributed by atoms with van der Waals surface area (Å²) in [7, 11) is 3.19. The fourth-order valence-electron chi connectivity index (χ4n) is 5.55. The average molecular weight is 517 g/mol. The van der Waals surface area contributed by atoms with Crippen molar-refractivity contribution in [2.75, 3.05) is 27.3 Å². The van der Waals surface area contributed by atoms with E-state index in [9.17, 15) is 9.59 Å². The first-order valence-corrected chi connectivity index (χ1v) is 12.5. The molecule has 1 aromatic rings. The Bertz CT molecular complexity index is 1040. The van der Waals surface area contributed by atoms with E-state index in [-0.39, 0.29) is 17.1 Å². The Balaban J connectivity index is 1.88. The molecule has 0 saturated carbocycles. The number of methoxy groups -OCH3 is 2. The second-order valence-corrected chi connectivity index (χ2v) is 11.0. The third-order valence-corrected chi connectivity index (χ3v) is 7.64. The van der Waals surface area contributed by atoms with E-state index in [1.54, 1.807) is 14.2 Å². The van der Waals surface area contributed by atoms with Gasteiger partial charge in [0.2, 0.25) is 5.91 Å². The molecule has 7 heteroatoms. The van der Waals surface area contributed by atoms with Gasteiger partial charge >= 0.3 is 0 Å². The number of ether oxygens (including phenoxy) is 2. The SMILES string of the molecule is COc1cc([C@@H]2C3=C(CC(C)(C)CC3=O)N=C(C)C2C(=O)N2CCCCC2)cc(Br)c1OC. The van der Waals surface area contributed by atoms with Crippen molar-refractivity contribution in [2.24, 2.45) is 16.3 Å². The summed E-state index contributed by atoms with van der Waals surface area (Å²) in [4.78, 5) is 34.2. The summed E-state index contributed by atoms with van der Waals surface area (Å²) < 4.78 is 11.8. The van der Waals surface area contributed by atoms with Crippen molar-refractivity contribution in [3.8, 4) is 11.5 Å². The van der Waals surface area contributed by atoms with Gasteiger partial charge in [0.1, 0.15) is 0 Å². The first-order valence-electron chi connectivity index (χ1n) is 11.7. The molecule has 2 heterocycles. The van der Waals surface area contributed by atoms with Crippen LogP contribution in [0.15, 0.2) is 32.9 Å². The molecule has 2 atom stereocenters. The molecule has 4 rings (SSSR count). The number of rotatable bonds is 4. The number of likely N-dealkylation sites (tertiary alicyclic amines) is 1. The van der Waals surface area contributed by atoms with Crippen molar-refractivity contribution in [1.82, 2.24) is 4.90 Å². The largest absolute Gasteiger partial charge is 0.493 e. The molecule has 33 heavy (non-hydrogen) atoms. The molecule has 0 bridgehead atoms. The highest BCUT2D eigenvalue weighted by atomic mass is 79.9. The van der Waals surface area contributed by atoms with E-state index in [0.717, 1.165) is 60.2 Å². The van der Waals surface area contributed by atoms with Gasteiger partial charge in [-0.15, -0.1) is 0 Å². The molecule has 178 valence electrons. The van der Waals surface area contributed by atoms with Crippen LogP contribution in [-0.2, 0) is 9.59 Å². The summed E-state index contributed by atoms with van der Waals surface area (Å²) in [5, 5.41) is 0. The van der Waals surface area contributed by atoms with Crippen molar-refractivity contribution < 1.29 is 19.1 Å². The van der Waals surface area contributed by atoms with Gasteiger partial charge < -0.3 is 14.4 Å². The minimum atomic E-state index is -0.503. The second kappa shape index (κ2) is 9.24. The number of amides is 1. The van der Waals surface area contributed by atoms with Crippen LogP contribution in [0, 0.1) is 11.3 Å². The molecule has 0 spiro atoms. The van der Waals surface area contributed by atoms with Crippen LogP contribution < -0.4 is 9.47 Å². The van der Waals surface area contributed by atoms with Gasteiger partial charge in [-0.05, 0) is 71.6 Å². The van der Waals surface area contributed by atoms with Crippen molar-refractivity contribution in [1.29, 1.82) is 0 Å². The predicted octanol–water partition coefficient (Wildman–Crippen LogP) is 5.30. The number of aliphatic imine (C=N–C) groups is 1. The van der Waals surface area contributed by atoms with Crippen LogP contribution in [0.4, 0.5) is 0 Å². The highest BCUT2D eigenvalue weighted by Gasteiger charge is 2.46. The molecule has 1 fully saturated rings. The molecular weight excluding hydrogens is 484 g/mol. The number of Topliss-reactive ketones (excluding diaryl/α,β-unsaturated/α-hetero) is 1. The number of hydrogen-bond donors (Lipinski definition) is 0. The molecule has 1 amide bonds. The zero-order valence-electron chi connectivity index (χ0n) is 20.2. The first kappa shape index (κ1) is 24.0. The maximum absolute atomic E-state index is 13.9. The quantitative estimate of drug-likeness (QED) is 0.544. The van der Waals surface area contributed by atoms with Gasteiger partial charge in [0, 0.05) is 42.4 Å². The standard InChI is InChI=1S/C26H33BrN2O4/c1-15-21(25(31)29-9-7-6-8-10-29)22(16-11-17(27)24(33-5)20(12-16)32-4)23-18(28-15)13-26(2,3)14-19(23)30/h11-12,21-22H,6-10,13-14H2,1-5H3/t21?,22-/m0/s1. The van der Waals surface area contributed by atoms with Crippen LogP contribution in [0.1, 0.15) is 64.4 Å². The van der Waals surface area contributed by atoms with E-state index >= 15 is 0 Å². The number of carbonyl (C=O) groups excluding carboxylic acids is 2. The van der Waals surface area contributed by atoms with Gasteiger partial charge in [-0.1, -0.05) is 13.8 Å². The van der Waals surface area contributed by atoms with Crippen LogP contribution in [0.3, 0.4) is 0 Å².